The standard InChI is InChI=1S/C22H23N5.ClH/c1-14-18-12-15(3-5-21(18)26-25-14)16-2-4-20-19(13-16)22(6-9-24-20)27-10-7-17(23)8-11-27;/h2-6,9,12-13,17H,7-8,10-11,23H2,1H3,(H,25,26);1H. The summed E-state index contributed by atoms with van der Waals surface area (Å²) >= 11 is 0. The van der Waals surface area contributed by atoms with Crippen molar-refractivity contribution in [1.29, 1.82) is 0 Å². The lowest BCUT2D eigenvalue weighted by Crippen LogP contribution is -2.39. The normalized spacial score (nSPS) is 15.1. The van der Waals surface area contributed by atoms with Crippen LogP contribution < -0.4 is 10.6 Å². The van der Waals surface area contributed by atoms with E-state index in [1.807, 2.05) is 6.20 Å². The Hall–Kier alpha value is -2.63. The summed E-state index contributed by atoms with van der Waals surface area (Å²) < 4.78 is 0. The number of aromatic amines is 1. The maximum absolute atomic E-state index is 6.09. The molecular weight excluding hydrogens is 370 g/mol. The van der Waals surface area contributed by atoms with E-state index in [1.165, 1.54) is 27.6 Å². The second kappa shape index (κ2) is 7.41. The van der Waals surface area contributed by atoms with Crippen molar-refractivity contribution in [3.63, 3.8) is 0 Å². The maximum atomic E-state index is 6.09. The first-order valence-corrected chi connectivity index (χ1v) is 9.53. The third kappa shape index (κ3) is 3.21. The van der Waals surface area contributed by atoms with Crippen LogP contribution in [0.5, 0.6) is 0 Å². The Morgan fingerprint density at radius 3 is 2.39 bits per heavy atom. The number of benzene rings is 2. The smallest absolute Gasteiger partial charge is 0.0924 e. The van der Waals surface area contributed by atoms with Crippen LogP contribution in [0.4, 0.5) is 5.69 Å². The second-order valence-electron chi connectivity index (χ2n) is 7.47. The highest BCUT2D eigenvalue weighted by atomic mass is 35.5. The van der Waals surface area contributed by atoms with Crippen LogP contribution in [0, 0.1) is 6.92 Å². The van der Waals surface area contributed by atoms with Crippen LogP contribution in [0.25, 0.3) is 32.9 Å². The minimum Gasteiger partial charge on any atom is -0.371 e. The van der Waals surface area contributed by atoms with Gasteiger partial charge in [-0.3, -0.25) is 10.1 Å². The molecule has 5 rings (SSSR count). The Bertz CT molecular complexity index is 1130. The Labute approximate surface area is 170 Å². The van der Waals surface area contributed by atoms with Crippen molar-refractivity contribution in [2.45, 2.75) is 25.8 Å². The molecule has 28 heavy (non-hydrogen) atoms. The molecule has 6 heteroatoms. The SMILES string of the molecule is Cc1[nH]nc2ccc(-c3ccc4nccc(N5CCC(N)CC5)c4c3)cc12.Cl. The molecule has 0 radical (unpaired) electrons. The van der Waals surface area contributed by atoms with Crippen molar-refractivity contribution in [3.8, 4) is 11.1 Å². The van der Waals surface area contributed by atoms with Gasteiger partial charge in [0, 0.05) is 47.5 Å². The van der Waals surface area contributed by atoms with Crippen LogP contribution in [0.15, 0.2) is 48.7 Å². The number of pyridine rings is 1. The third-order valence-electron chi connectivity index (χ3n) is 5.68. The van der Waals surface area contributed by atoms with Crippen LogP contribution in [-0.4, -0.2) is 34.3 Å². The van der Waals surface area contributed by atoms with Gasteiger partial charge in [-0.15, -0.1) is 12.4 Å². The minimum absolute atomic E-state index is 0. The van der Waals surface area contributed by atoms with Gasteiger partial charge in [0.05, 0.1) is 11.0 Å². The van der Waals surface area contributed by atoms with E-state index in [2.05, 4.69) is 69.5 Å². The molecule has 144 valence electrons. The van der Waals surface area contributed by atoms with Crippen molar-refractivity contribution in [2.75, 3.05) is 18.0 Å². The number of anilines is 1. The third-order valence-corrected chi connectivity index (χ3v) is 5.68. The molecule has 0 aliphatic carbocycles. The van der Waals surface area contributed by atoms with Gasteiger partial charge in [-0.1, -0.05) is 12.1 Å². The van der Waals surface area contributed by atoms with E-state index in [9.17, 15) is 0 Å². The molecule has 0 saturated carbocycles. The number of piperidine rings is 1. The summed E-state index contributed by atoms with van der Waals surface area (Å²) in [5.74, 6) is 0. The molecule has 0 unspecified atom stereocenters. The number of H-pyrrole nitrogens is 1. The lowest BCUT2D eigenvalue weighted by molar-refractivity contribution is 0.502. The van der Waals surface area contributed by atoms with Gasteiger partial charge in [0.1, 0.15) is 0 Å². The van der Waals surface area contributed by atoms with Gasteiger partial charge in [-0.05, 0) is 61.2 Å². The summed E-state index contributed by atoms with van der Waals surface area (Å²) in [6.45, 7) is 4.07. The highest BCUT2D eigenvalue weighted by Gasteiger charge is 2.18. The number of rotatable bonds is 2. The van der Waals surface area contributed by atoms with Gasteiger partial charge in [0.2, 0.25) is 0 Å². The number of nitrogens with zero attached hydrogens (tertiary/aromatic N) is 3. The van der Waals surface area contributed by atoms with E-state index >= 15 is 0 Å². The zero-order valence-corrected chi connectivity index (χ0v) is 16.7. The van der Waals surface area contributed by atoms with Crippen molar-refractivity contribution in [1.82, 2.24) is 15.2 Å². The highest BCUT2D eigenvalue weighted by molar-refractivity contribution is 5.96. The van der Waals surface area contributed by atoms with Crippen LogP contribution >= 0.6 is 12.4 Å². The largest absolute Gasteiger partial charge is 0.371 e. The van der Waals surface area contributed by atoms with E-state index in [0.717, 1.165) is 42.7 Å². The molecule has 0 spiro atoms. The molecular formula is C22H24ClN5. The Morgan fingerprint density at radius 1 is 0.964 bits per heavy atom. The molecule has 2 aromatic heterocycles. The fourth-order valence-electron chi connectivity index (χ4n) is 4.05. The van der Waals surface area contributed by atoms with E-state index < -0.39 is 0 Å². The van der Waals surface area contributed by atoms with Crippen LogP contribution in [0.3, 0.4) is 0 Å². The molecule has 2 aromatic carbocycles. The van der Waals surface area contributed by atoms with E-state index in [-0.39, 0.29) is 12.4 Å². The summed E-state index contributed by atoms with van der Waals surface area (Å²) in [6, 6.07) is 15.4. The maximum Gasteiger partial charge on any atom is 0.0924 e. The fourth-order valence-corrected chi connectivity index (χ4v) is 4.05. The number of nitrogens with two attached hydrogens (primary N) is 1. The number of aryl methyl sites for hydroxylation is 1. The average Bonchev–Trinajstić information content (AvgIpc) is 3.08. The van der Waals surface area contributed by atoms with Gasteiger partial charge >= 0.3 is 0 Å². The highest BCUT2D eigenvalue weighted by Crippen LogP contribution is 2.32. The topological polar surface area (TPSA) is 70.8 Å². The van der Waals surface area contributed by atoms with E-state index in [4.69, 9.17) is 5.73 Å². The van der Waals surface area contributed by atoms with Crippen LogP contribution in [0.2, 0.25) is 0 Å². The predicted molar refractivity (Wildman–Crippen MR) is 118 cm³/mol. The lowest BCUT2D eigenvalue weighted by atomic mass is 9.99. The van der Waals surface area contributed by atoms with Gasteiger partial charge in [0.15, 0.2) is 0 Å². The van der Waals surface area contributed by atoms with Gasteiger partial charge in [-0.2, -0.15) is 5.10 Å². The van der Waals surface area contributed by atoms with E-state index in [1.54, 1.807) is 0 Å². The zero-order chi connectivity index (χ0) is 18.4. The first kappa shape index (κ1) is 18.7. The summed E-state index contributed by atoms with van der Waals surface area (Å²) in [5, 5.41) is 9.77. The molecule has 3 N–H and O–H groups in total. The van der Waals surface area contributed by atoms with Crippen molar-refractivity contribution in [2.24, 2.45) is 5.73 Å². The number of aromatic nitrogens is 3. The molecule has 0 amide bonds. The first-order chi connectivity index (χ1) is 13.2. The zero-order valence-electron chi connectivity index (χ0n) is 15.9. The Balaban J connectivity index is 0.00000192. The van der Waals surface area contributed by atoms with Gasteiger partial charge in [0.25, 0.3) is 0 Å². The molecule has 0 atom stereocenters. The van der Waals surface area contributed by atoms with E-state index in [0.29, 0.717) is 6.04 Å². The van der Waals surface area contributed by atoms with Crippen molar-refractivity contribution in [3.05, 3.63) is 54.4 Å². The Kier molecular flexibility index (Phi) is 4.96. The Morgan fingerprint density at radius 2 is 1.64 bits per heavy atom. The van der Waals surface area contributed by atoms with Crippen LogP contribution in [-0.2, 0) is 0 Å². The quantitative estimate of drug-likeness (QED) is 0.528. The van der Waals surface area contributed by atoms with Crippen molar-refractivity contribution < 1.29 is 0 Å². The first-order valence-electron chi connectivity index (χ1n) is 9.53. The lowest BCUT2D eigenvalue weighted by Gasteiger charge is -2.32. The number of halogens is 1. The molecule has 0 bridgehead atoms. The number of fused-ring (bicyclic) bond motifs is 2. The molecule has 1 aliphatic heterocycles. The summed E-state index contributed by atoms with van der Waals surface area (Å²) in [5.41, 5.74) is 12.9. The molecule has 4 aromatic rings. The number of hydrogen-bond donors (Lipinski definition) is 2. The number of hydrogen-bond acceptors (Lipinski definition) is 4. The van der Waals surface area contributed by atoms with Crippen LogP contribution in [0.1, 0.15) is 18.5 Å². The minimum atomic E-state index is 0. The molecule has 1 fully saturated rings. The summed E-state index contributed by atoms with van der Waals surface area (Å²) in [4.78, 5) is 7.02. The molecule has 5 nitrogen and oxygen atoms in total. The van der Waals surface area contributed by atoms with Gasteiger partial charge < -0.3 is 10.6 Å². The number of nitrogens with one attached hydrogen (secondary N) is 1. The molecule has 3 heterocycles. The second-order valence-corrected chi connectivity index (χ2v) is 7.47. The molecule has 1 aliphatic rings. The summed E-state index contributed by atoms with van der Waals surface area (Å²) in [7, 11) is 0. The van der Waals surface area contributed by atoms with Crippen molar-refractivity contribution >= 4 is 39.9 Å². The van der Waals surface area contributed by atoms with Gasteiger partial charge in [-0.25, -0.2) is 0 Å². The average molecular weight is 394 g/mol. The predicted octanol–water partition coefficient (Wildman–Crippen LogP) is 4.44. The summed E-state index contributed by atoms with van der Waals surface area (Å²) in [6.07, 6.45) is 3.99. The fraction of sp³-hybridized carbons (Fsp3) is 0.273. The monoisotopic (exact) mass is 393 g/mol. The molecule has 1 saturated heterocycles.